The van der Waals surface area contributed by atoms with Gasteiger partial charge in [-0.15, -0.1) is 11.3 Å². The molecule has 0 N–H and O–H groups in total. The Labute approximate surface area is 133 Å². The number of thiazole rings is 1. The molecule has 7 heteroatoms. The van der Waals surface area contributed by atoms with Crippen LogP contribution in [0.3, 0.4) is 0 Å². The molecule has 1 spiro atoms. The van der Waals surface area contributed by atoms with Crippen molar-refractivity contribution in [1.29, 1.82) is 0 Å². The SMILES string of the molecule is c1cnc(N2CCC[C@]3(C2)CN(c2nccs2)CCO3)nc1. The summed E-state index contributed by atoms with van der Waals surface area (Å²) in [6.07, 6.45) is 7.65. The molecule has 0 aromatic carbocycles. The summed E-state index contributed by atoms with van der Waals surface area (Å²) in [6, 6.07) is 1.85. The number of rotatable bonds is 2. The molecule has 2 aromatic heterocycles. The van der Waals surface area contributed by atoms with E-state index in [9.17, 15) is 0 Å². The van der Waals surface area contributed by atoms with Crippen LogP contribution in [0.25, 0.3) is 0 Å². The molecule has 22 heavy (non-hydrogen) atoms. The Bertz CT molecular complexity index is 604. The maximum absolute atomic E-state index is 6.22. The third-order valence-corrected chi connectivity index (χ3v) is 5.14. The van der Waals surface area contributed by atoms with Crippen molar-refractivity contribution in [2.75, 3.05) is 42.6 Å². The van der Waals surface area contributed by atoms with Crippen molar-refractivity contribution < 1.29 is 4.74 Å². The average molecular weight is 317 g/mol. The minimum absolute atomic E-state index is 0.138. The van der Waals surface area contributed by atoms with Gasteiger partial charge in [0.2, 0.25) is 5.95 Å². The second kappa shape index (κ2) is 5.81. The van der Waals surface area contributed by atoms with E-state index in [-0.39, 0.29) is 5.60 Å². The zero-order chi connectivity index (χ0) is 14.8. The van der Waals surface area contributed by atoms with E-state index >= 15 is 0 Å². The van der Waals surface area contributed by atoms with Crippen LogP contribution in [0.5, 0.6) is 0 Å². The van der Waals surface area contributed by atoms with Crippen LogP contribution in [0.15, 0.2) is 30.0 Å². The average Bonchev–Trinajstić information content (AvgIpc) is 3.10. The first kappa shape index (κ1) is 13.9. The molecule has 2 saturated heterocycles. The van der Waals surface area contributed by atoms with Crippen molar-refractivity contribution in [3.63, 3.8) is 0 Å². The Kier molecular flexibility index (Phi) is 3.67. The van der Waals surface area contributed by atoms with Gasteiger partial charge in [-0.2, -0.15) is 0 Å². The Morgan fingerprint density at radius 1 is 1.05 bits per heavy atom. The third kappa shape index (κ3) is 2.66. The monoisotopic (exact) mass is 317 g/mol. The molecule has 0 unspecified atom stereocenters. The largest absolute Gasteiger partial charge is 0.369 e. The molecule has 6 nitrogen and oxygen atoms in total. The molecule has 0 bridgehead atoms. The Balaban J connectivity index is 1.53. The highest BCUT2D eigenvalue weighted by Gasteiger charge is 2.41. The van der Waals surface area contributed by atoms with Crippen LogP contribution in [0, 0.1) is 0 Å². The highest BCUT2D eigenvalue weighted by atomic mass is 32.1. The molecule has 4 heterocycles. The van der Waals surface area contributed by atoms with E-state index in [1.54, 1.807) is 23.7 Å². The summed E-state index contributed by atoms with van der Waals surface area (Å²) in [5.74, 6) is 0.802. The summed E-state index contributed by atoms with van der Waals surface area (Å²) in [6.45, 7) is 4.40. The van der Waals surface area contributed by atoms with E-state index in [4.69, 9.17) is 4.74 Å². The molecular formula is C15H19N5OS. The van der Waals surface area contributed by atoms with Gasteiger partial charge in [0.1, 0.15) is 5.60 Å². The standard InChI is InChI=1S/C15H19N5OS/c1-3-15(11-19(7-1)13-16-4-2-5-17-13)12-20(8-9-21-15)14-18-6-10-22-14/h2,4-6,10H,1,3,7-9,11-12H2/t15-/m0/s1. The molecule has 0 radical (unpaired) electrons. The van der Waals surface area contributed by atoms with Gasteiger partial charge >= 0.3 is 0 Å². The van der Waals surface area contributed by atoms with Gasteiger partial charge in [0.05, 0.1) is 19.7 Å². The first-order valence-electron chi connectivity index (χ1n) is 7.65. The molecular weight excluding hydrogens is 298 g/mol. The van der Waals surface area contributed by atoms with Gasteiger partial charge in [0, 0.05) is 37.1 Å². The first-order valence-corrected chi connectivity index (χ1v) is 8.53. The number of anilines is 2. The lowest BCUT2D eigenvalue weighted by atomic mass is 9.91. The topological polar surface area (TPSA) is 54.4 Å². The van der Waals surface area contributed by atoms with E-state index < -0.39 is 0 Å². The molecule has 116 valence electrons. The summed E-state index contributed by atoms with van der Waals surface area (Å²) in [5, 5.41) is 3.12. The highest BCUT2D eigenvalue weighted by molar-refractivity contribution is 7.13. The highest BCUT2D eigenvalue weighted by Crippen LogP contribution is 2.32. The number of hydrogen-bond acceptors (Lipinski definition) is 7. The van der Waals surface area contributed by atoms with Gasteiger partial charge in [-0.05, 0) is 18.9 Å². The molecule has 2 fully saturated rings. The van der Waals surface area contributed by atoms with E-state index in [0.717, 1.165) is 56.7 Å². The van der Waals surface area contributed by atoms with Crippen molar-refractivity contribution in [2.45, 2.75) is 18.4 Å². The Hall–Kier alpha value is -1.73. The summed E-state index contributed by atoms with van der Waals surface area (Å²) < 4.78 is 6.22. The van der Waals surface area contributed by atoms with Crippen molar-refractivity contribution in [1.82, 2.24) is 15.0 Å². The molecule has 4 rings (SSSR count). The van der Waals surface area contributed by atoms with E-state index in [0.29, 0.717) is 0 Å². The van der Waals surface area contributed by atoms with Gasteiger partial charge in [-0.25, -0.2) is 15.0 Å². The lowest BCUT2D eigenvalue weighted by Crippen LogP contribution is -2.60. The van der Waals surface area contributed by atoms with Crippen LogP contribution in [-0.2, 0) is 4.74 Å². The van der Waals surface area contributed by atoms with Crippen LogP contribution in [0.1, 0.15) is 12.8 Å². The first-order chi connectivity index (χ1) is 10.8. The molecule has 2 aliphatic rings. The summed E-state index contributed by atoms with van der Waals surface area (Å²) in [4.78, 5) is 17.8. The lowest BCUT2D eigenvalue weighted by Gasteiger charge is -2.48. The molecule has 1 atom stereocenters. The maximum Gasteiger partial charge on any atom is 0.225 e. The summed E-state index contributed by atoms with van der Waals surface area (Å²) >= 11 is 1.69. The summed E-state index contributed by atoms with van der Waals surface area (Å²) in [5.41, 5.74) is -0.138. The second-order valence-corrected chi connectivity index (χ2v) is 6.71. The molecule has 0 amide bonds. The molecule has 0 aliphatic carbocycles. The zero-order valence-electron chi connectivity index (χ0n) is 12.4. The van der Waals surface area contributed by atoms with Gasteiger partial charge in [-0.3, -0.25) is 0 Å². The summed E-state index contributed by atoms with van der Waals surface area (Å²) in [7, 11) is 0. The van der Waals surface area contributed by atoms with Crippen LogP contribution >= 0.6 is 11.3 Å². The third-order valence-electron chi connectivity index (χ3n) is 4.31. The minimum Gasteiger partial charge on any atom is -0.369 e. The van der Waals surface area contributed by atoms with Crippen molar-refractivity contribution in [3.05, 3.63) is 30.0 Å². The molecule has 2 aromatic rings. The predicted octanol–water partition coefficient (Wildman–Crippen LogP) is 1.81. The van der Waals surface area contributed by atoms with Crippen LogP contribution in [0.2, 0.25) is 0 Å². The van der Waals surface area contributed by atoms with E-state index in [1.807, 2.05) is 17.6 Å². The fraction of sp³-hybridized carbons (Fsp3) is 0.533. The van der Waals surface area contributed by atoms with Gasteiger partial charge in [0.15, 0.2) is 5.13 Å². The van der Waals surface area contributed by atoms with Gasteiger partial charge in [-0.1, -0.05) is 0 Å². The fourth-order valence-corrected chi connectivity index (χ4v) is 4.02. The number of nitrogens with zero attached hydrogens (tertiary/aromatic N) is 5. The smallest absolute Gasteiger partial charge is 0.225 e. The van der Waals surface area contributed by atoms with Crippen LogP contribution < -0.4 is 9.80 Å². The van der Waals surface area contributed by atoms with Crippen molar-refractivity contribution >= 4 is 22.4 Å². The maximum atomic E-state index is 6.22. The lowest BCUT2D eigenvalue weighted by molar-refractivity contribution is -0.0631. The molecule has 2 aliphatic heterocycles. The Morgan fingerprint density at radius 2 is 1.91 bits per heavy atom. The van der Waals surface area contributed by atoms with Gasteiger partial charge in [0.25, 0.3) is 0 Å². The Morgan fingerprint density at radius 3 is 2.73 bits per heavy atom. The van der Waals surface area contributed by atoms with Crippen molar-refractivity contribution in [2.24, 2.45) is 0 Å². The number of hydrogen-bond donors (Lipinski definition) is 0. The number of ether oxygens (including phenoxy) is 1. The van der Waals surface area contributed by atoms with Gasteiger partial charge < -0.3 is 14.5 Å². The number of morpholine rings is 1. The van der Waals surface area contributed by atoms with Crippen LogP contribution in [0.4, 0.5) is 11.1 Å². The van der Waals surface area contributed by atoms with Crippen molar-refractivity contribution in [3.8, 4) is 0 Å². The van der Waals surface area contributed by atoms with Crippen LogP contribution in [-0.4, -0.2) is 53.3 Å². The quantitative estimate of drug-likeness (QED) is 0.842. The minimum atomic E-state index is -0.138. The second-order valence-electron chi connectivity index (χ2n) is 5.84. The van der Waals surface area contributed by atoms with E-state index in [1.165, 1.54) is 0 Å². The normalized spacial score (nSPS) is 25.6. The fourth-order valence-electron chi connectivity index (χ4n) is 3.35. The zero-order valence-corrected chi connectivity index (χ0v) is 13.2. The predicted molar refractivity (Wildman–Crippen MR) is 86.5 cm³/mol. The number of piperidine rings is 1. The number of aromatic nitrogens is 3. The molecule has 0 saturated carbocycles. The van der Waals surface area contributed by atoms with E-state index in [2.05, 4.69) is 24.8 Å².